The molecule has 0 aromatic heterocycles. The van der Waals surface area contributed by atoms with Crippen LogP contribution in [0.5, 0.6) is 5.75 Å². The Morgan fingerprint density at radius 3 is 2.77 bits per heavy atom. The molecule has 2 aromatic rings. The zero-order valence-corrected chi connectivity index (χ0v) is 13.0. The Kier molecular flexibility index (Phi) is 5.78. The van der Waals surface area contributed by atoms with E-state index in [-0.39, 0.29) is 11.3 Å². The summed E-state index contributed by atoms with van der Waals surface area (Å²) in [7, 11) is 0. The maximum atomic E-state index is 13.6. The number of halogens is 2. The smallest absolute Gasteiger partial charge is 0.259 e. The first kappa shape index (κ1) is 16.3. The van der Waals surface area contributed by atoms with Gasteiger partial charge in [-0.15, -0.1) is 0 Å². The number of rotatable bonds is 6. The van der Waals surface area contributed by atoms with Gasteiger partial charge in [0.25, 0.3) is 5.91 Å². The van der Waals surface area contributed by atoms with Crippen LogP contribution in [0.4, 0.5) is 10.1 Å². The minimum absolute atomic E-state index is 0.118. The number of carbonyl (C=O) groups is 1. The Morgan fingerprint density at radius 1 is 1.27 bits per heavy atom. The zero-order valence-electron chi connectivity index (χ0n) is 12.2. The van der Waals surface area contributed by atoms with Crippen LogP contribution in [-0.4, -0.2) is 12.5 Å². The molecular weight excluding hydrogens is 305 g/mol. The Labute approximate surface area is 134 Å². The monoisotopic (exact) mass is 321 g/mol. The molecule has 22 heavy (non-hydrogen) atoms. The first-order chi connectivity index (χ1) is 10.6. The lowest BCUT2D eigenvalue weighted by molar-refractivity contribution is 0.102. The van der Waals surface area contributed by atoms with Crippen LogP contribution in [0.2, 0.25) is 5.02 Å². The summed E-state index contributed by atoms with van der Waals surface area (Å²) in [6.45, 7) is 2.56. The van der Waals surface area contributed by atoms with Crippen LogP contribution in [0.3, 0.4) is 0 Å². The molecule has 0 heterocycles. The second kappa shape index (κ2) is 7.80. The molecule has 116 valence electrons. The van der Waals surface area contributed by atoms with Gasteiger partial charge in [0.15, 0.2) is 0 Å². The van der Waals surface area contributed by atoms with Gasteiger partial charge in [-0.2, -0.15) is 0 Å². The van der Waals surface area contributed by atoms with E-state index in [0.29, 0.717) is 17.4 Å². The molecule has 0 aliphatic heterocycles. The van der Waals surface area contributed by atoms with Crippen molar-refractivity contribution < 1.29 is 13.9 Å². The van der Waals surface area contributed by atoms with Gasteiger partial charge in [0.2, 0.25) is 0 Å². The molecule has 0 aliphatic rings. The topological polar surface area (TPSA) is 38.3 Å². The van der Waals surface area contributed by atoms with Crippen LogP contribution in [0, 0.1) is 5.82 Å². The fourth-order valence-corrected chi connectivity index (χ4v) is 2.06. The van der Waals surface area contributed by atoms with E-state index in [1.165, 1.54) is 18.2 Å². The van der Waals surface area contributed by atoms with Gasteiger partial charge in [-0.25, -0.2) is 4.39 Å². The molecule has 0 saturated carbocycles. The molecule has 2 aromatic carbocycles. The van der Waals surface area contributed by atoms with Crippen molar-refractivity contribution in [3.05, 3.63) is 58.9 Å². The quantitative estimate of drug-likeness (QED) is 0.768. The normalized spacial score (nSPS) is 10.3. The van der Waals surface area contributed by atoms with Gasteiger partial charge >= 0.3 is 0 Å². The Balaban J connectivity index is 2.20. The third-order valence-electron chi connectivity index (χ3n) is 3.06. The van der Waals surface area contributed by atoms with Crippen molar-refractivity contribution in [1.82, 2.24) is 0 Å². The van der Waals surface area contributed by atoms with Crippen LogP contribution >= 0.6 is 11.6 Å². The molecule has 1 amide bonds. The van der Waals surface area contributed by atoms with Crippen LogP contribution in [0.1, 0.15) is 30.1 Å². The summed E-state index contributed by atoms with van der Waals surface area (Å²) >= 11 is 5.95. The highest BCUT2D eigenvalue weighted by Gasteiger charge is 2.15. The second-order valence-electron chi connectivity index (χ2n) is 4.78. The Morgan fingerprint density at radius 2 is 2.05 bits per heavy atom. The van der Waals surface area contributed by atoms with Gasteiger partial charge in [0.1, 0.15) is 11.6 Å². The number of amides is 1. The minimum atomic E-state index is -0.494. The van der Waals surface area contributed by atoms with E-state index < -0.39 is 11.7 Å². The van der Waals surface area contributed by atoms with Crippen LogP contribution in [0.25, 0.3) is 0 Å². The Hall–Kier alpha value is -2.07. The van der Waals surface area contributed by atoms with E-state index in [2.05, 4.69) is 12.2 Å². The Bertz CT molecular complexity index is 661. The van der Waals surface area contributed by atoms with E-state index in [4.69, 9.17) is 16.3 Å². The van der Waals surface area contributed by atoms with Crippen LogP contribution in [-0.2, 0) is 0 Å². The average molecular weight is 322 g/mol. The summed E-state index contributed by atoms with van der Waals surface area (Å²) in [6, 6.07) is 10.8. The molecule has 0 radical (unpaired) electrons. The number of hydrogen-bond acceptors (Lipinski definition) is 2. The number of nitrogens with one attached hydrogen (secondary N) is 1. The number of hydrogen-bond donors (Lipinski definition) is 1. The highest BCUT2D eigenvalue weighted by Crippen LogP contribution is 2.25. The average Bonchev–Trinajstić information content (AvgIpc) is 2.51. The lowest BCUT2D eigenvalue weighted by Crippen LogP contribution is -2.15. The van der Waals surface area contributed by atoms with Gasteiger partial charge in [0, 0.05) is 5.02 Å². The fourth-order valence-electron chi connectivity index (χ4n) is 1.88. The molecular formula is C17H17ClFNO2. The largest absolute Gasteiger partial charge is 0.493 e. The molecule has 0 spiro atoms. The lowest BCUT2D eigenvalue weighted by atomic mass is 10.1. The number of para-hydroxylation sites is 1. The molecule has 0 atom stereocenters. The highest BCUT2D eigenvalue weighted by atomic mass is 35.5. The SMILES string of the molecule is CCCCOc1ccc(Cl)cc1C(=O)Nc1ccccc1F. The van der Waals surface area contributed by atoms with Crippen LogP contribution < -0.4 is 10.1 Å². The number of benzene rings is 2. The molecule has 3 nitrogen and oxygen atoms in total. The molecule has 5 heteroatoms. The third-order valence-corrected chi connectivity index (χ3v) is 3.30. The van der Waals surface area contributed by atoms with Gasteiger partial charge in [-0.05, 0) is 36.8 Å². The molecule has 2 rings (SSSR count). The van der Waals surface area contributed by atoms with E-state index in [1.54, 1.807) is 24.3 Å². The van der Waals surface area contributed by atoms with Crippen molar-refractivity contribution in [2.24, 2.45) is 0 Å². The summed E-state index contributed by atoms with van der Waals surface area (Å²) in [4.78, 5) is 12.4. The van der Waals surface area contributed by atoms with E-state index in [1.807, 2.05) is 0 Å². The zero-order chi connectivity index (χ0) is 15.9. The molecule has 0 unspecified atom stereocenters. The molecule has 0 fully saturated rings. The van der Waals surface area contributed by atoms with E-state index >= 15 is 0 Å². The summed E-state index contributed by atoms with van der Waals surface area (Å²) < 4.78 is 19.2. The van der Waals surface area contributed by atoms with Gasteiger partial charge in [-0.1, -0.05) is 37.1 Å². The number of unbranched alkanes of at least 4 members (excludes halogenated alkanes) is 1. The summed E-state index contributed by atoms with van der Waals surface area (Å²) in [5, 5.41) is 2.95. The summed E-state index contributed by atoms with van der Waals surface area (Å²) in [5.74, 6) is -0.517. The van der Waals surface area contributed by atoms with E-state index in [0.717, 1.165) is 12.8 Å². The summed E-state index contributed by atoms with van der Waals surface area (Å²) in [5.41, 5.74) is 0.402. The fraction of sp³-hybridized carbons (Fsp3) is 0.235. The van der Waals surface area contributed by atoms with E-state index in [9.17, 15) is 9.18 Å². The van der Waals surface area contributed by atoms with Crippen LogP contribution in [0.15, 0.2) is 42.5 Å². The standard InChI is InChI=1S/C17H17ClFNO2/c1-2-3-10-22-16-9-8-12(18)11-13(16)17(21)20-15-7-5-4-6-14(15)19/h4-9,11H,2-3,10H2,1H3,(H,20,21). The first-order valence-electron chi connectivity index (χ1n) is 7.10. The van der Waals surface area contributed by atoms with Crippen molar-refractivity contribution in [1.29, 1.82) is 0 Å². The van der Waals surface area contributed by atoms with Crippen molar-refractivity contribution in [2.45, 2.75) is 19.8 Å². The number of ether oxygens (including phenoxy) is 1. The van der Waals surface area contributed by atoms with Gasteiger partial charge in [-0.3, -0.25) is 4.79 Å². The van der Waals surface area contributed by atoms with Gasteiger partial charge in [0.05, 0.1) is 17.9 Å². The highest BCUT2D eigenvalue weighted by molar-refractivity contribution is 6.31. The molecule has 1 N–H and O–H groups in total. The lowest BCUT2D eigenvalue weighted by Gasteiger charge is -2.12. The van der Waals surface area contributed by atoms with Crippen molar-refractivity contribution in [3.63, 3.8) is 0 Å². The van der Waals surface area contributed by atoms with Crippen molar-refractivity contribution >= 4 is 23.2 Å². The second-order valence-corrected chi connectivity index (χ2v) is 5.21. The third kappa shape index (κ3) is 4.21. The first-order valence-corrected chi connectivity index (χ1v) is 7.48. The number of carbonyl (C=O) groups excluding carboxylic acids is 1. The number of anilines is 1. The predicted molar refractivity (Wildman–Crippen MR) is 86.2 cm³/mol. The van der Waals surface area contributed by atoms with Crippen molar-refractivity contribution in [3.8, 4) is 5.75 Å². The van der Waals surface area contributed by atoms with Crippen molar-refractivity contribution in [2.75, 3.05) is 11.9 Å². The maximum absolute atomic E-state index is 13.6. The van der Waals surface area contributed by atoms with Gasteiger partial charge < -0.3 is 10.1 Å². The molecule has 0 bridgehead atoms. The minimum Gasteiger partial charge on any atom is -0.493 e. The summed E-state index contributed by atoms with van der Waals surface area (Å²) in [6.07, 6.45) is 1.88. The maximum Gasteiger partial charge on any atom is 0.259 e. The molecule has 0 aliphatic carbocycles. The predicted octanol–water partition coefficient (Wildman–Crippen LogP) is 4.91. The molecule has 0 saturated heterocycles.